The largest absolute Gasteiger partial charge is 0.360 e. The van der Waals surface area contributed by atoms with Crippen LogP contribution in [-0.2, 0) is 4.79 Å². The minimum absolute atomic E-state index is 0.176. The Labute approximate surface area is 133 Å². The first-order chi connectivity index (χ1) is 10.5. The molecular weight excluding hydrogens is 306 g/mol. The molecule has 2 amide bonds. The molecule has 1 aromatic carbocycles. The van der Waals surface area contributed by atoms with Gasteiger partial charge in [0.1, 0.15) is 5.76 Å². The van der Waals surface area contributed by atoms with Crippen LogP contribution in [0.2, 0.25) is 5.02 Å². The van der Waals surface area contributed by atoms with E-state index in [1.54, 1.807) is 37.3 Å². The van der Waals surface area contributed by atoms with Gasteiger partial charge in [-0.05, 0) is 25.1 Å². The van der Waals surface area contributed by atoms with Crippen LogP contribution in [0.5, 0.6) is 0 Å². The maximum absolute atomic E-state index is 12.0. The fourth-order valence-electron chi connectivity index (χ4n) is 1.93. The molecule has 0 fully saturated rings. The SMILES string of the molecule is CC(=O)N(CCNC(=O)c1cccc(Cl)c1)c1cc(C)on1. The van der Waals surface area contributed by atoms with E-state index in [2.05, 4.69) is 10.5 Å². The highest BCUT2D eigenvalue weighted by atomic mass is 35.5. The van der Waals surface area contributed by atoms with Crippen molar-refractivity contribution in [1.82, 2.24) is 10.5 Å². The number of amides is 2. The van der Waals surface area contributed by atoms with E-state index in [1.165, 1.54) is 11.8 Å². The van der Waals surface area contributed by atoms with Crippen LogP contribution in [0.3, 0.4) is 0 Å². The summed E-state index contributed by atoms with van der Waals surface area (Å²) in [4.78, 5) is 25.1. The van der Waals surface area contributed by atoms with E-state index in [-0.39, 0.29) is 18.4 Å². The average Bonchev–Trinajstić information content (AvgIpc) is 2.89. The first-order valence-corrected chi connectivity index (χ1v) is 7.10. The summed E-state index contributed by atoms with van der Waals surface area (Å²) in [5.41, 5.74) is 0.471. The Kier molecular flexibility index (Phi) is 5.16. The molecule has 0 spiro atoms. The fraction of sp³-hybridized carbons (Fsp3) is 0.267. The summed E-state index contributed by atoms with van der Waals surface area (Å²) in [5.74, 6) is 0.624. The lowest BCUT2D eigenvalue weighted by atomic mass is 10.2. The summed E-state index contributed by atoms with van der Waals surface area (Å²) in [6.07, 6.45) is 0. The lowest BCUT2D eigenvalue weighted by molar-refractivity contribution is -0.116. The molecule has 0 saturated heterocycles. The third kappa shape index (κ3) is 4.08. The second-order valence-electron chi connectivity index (χ2n) is 4.73. The molecule has 0 aliphatic rings. The molecule has 0 aliphatic heterocycles. The van der Waals surface area contributed by atoms with Crippen LogP contribution in [0.1, 0.15) is 23.0 Å². The Hall–Kier alpha value is -2.34. The summed E-state index contributed by atoms with van der Waals surface area (Å²) in [6.45, 7) is 3.77. The van der Waals surface area contributed by atoms with E-state index in [0.29, 0.717) is 28.7 Å². The summed E-state index contributed by atoms with van der Waals surface area (Å²) in [7, 11) is 0. The number of rotatable bonds is 5. The van der Waals surface area contributed by atoms with Crippen molar-refractivity contribution in [3.8, 4) is 0 Å². The predicted molar refractivity (Wildman–Crippen MR) is 83.1 cm³/mol. The monoisotopic (exact) mass is 321 g/mol. The van der Waals surface area contributed by atoms with Gasteiger partial charge < -0.3 is 9.84 Å². The van der Waals surface area contributed by atoms with E-state index in [0.717, 1.165) is 0 Å². The summed E-state index contributed by atoms with van der Waals surface area (Å²) in [5, 5.41) is 7.04. The number of hydrogen-bond donors (Lipinski definition) is 1. The number of aromatic nitrogens is 1. The molecule has 22 heavy (non-hydrogen) atoms. The van der Waals surface area contributed by atoms with Crippen molar-refractivity contribution >= 4 is 29.2 Å². The Morgan fingerprint density at radius 2 is 2.14 bits per heavy atom. The Morgan fingerprint density at radius 1 is 1.36 bits per heavy atom. The van der Waals surface area contributed by atoms with Gasteiger partial charge in [0.25, 0.3) is 5.91 Å². The Bertz CT molecular complexity index is 684. The highest BCUT2D eigenvalue weighted by molar-refractivity contribution is 6.30. The van der Waals surface area contributed by atoms with Crippen molar-refractivity contribution in [1.29, 1.82) is 0 Å². The van der Waals surface area contributed by atoms with E-state index >= 15 is 0 Å². The number of carbonyl (C=O) groups excluding carboxylic acids is 2. The fourth-order valence-corrected chi connectivity index (χ4v) is 2.12. The van der Waals surface area contributed by atoms with Crippen molar-refractivity contribution < 1.29 is 14.1 Å². The zero-order valence-electron chi connectivity index (χ0n) is 12.3. The van der Waals surface area contributed by atoms with Crippen LogP contribution in [0.25, 0.3) is 0 Å². The van der Waals surface area contributed by atoms with Crippen LogP contribution in [0, 0.1) is 6.92 Å². The maximum Gasteiger partial charge on any atom is 0.251 e. The normalized spacial score (nSPS) is 10.3. The highest BCUT2D eigenvalue weighted by Gasteiger charge is 2.15. The van der Waals surface area contributed by atoms with E-state index in [1.807, 2.05) is 0 Å². The number of carbonyl (C=O) groups is 2. The molecule has 0 bridgehead atoms. The van der Waals surface area contributed by atoms with Crippen LogP contribution >= 0.6 is 11.6 Å². The average molecular weight is 322 g/mol. The van der Waals surface area contributed by atoms with Gasteiger partial charge in [-0.1, -0.05) is 22.8 Å². The van der Waals surface area contributed by atoms with E-state index < -0.39 is 0 Å². The molecule has 1 aromatic heterocycles. The molecule has 116 valence electrons. The second-order valence-corrected chi connectivity index (χ2v) is 5.17. The van der Waals surface area contributed by atoms with Crippen LogP contribution in [0.4, 0.5) is 5.82 Å². The summed E-state index contributed by atoms with van der Waals surface area (Å²) >= 11 is 5.85. The van der Waals surface area contributed by atoms with Crippen molar-refractivity contribution in [2.75, 3.05) is 18.0 Å². The van der Waals surface area contributed by atoms with Gasteiger partial charge in [-0.3, -0.25) is 14.5 Å². The molecule has 0 unspecified atom stereocenters. The van der Waals surface area contributed by atoms with Crippen molar-refractivity contribution in [2.45, 2.75) is 13.8 Å². The lowest BCUT2D eigenvalue weighted by Gasteiger charge is -2.17. The summed E-state index contributed by atoms with van der Waals surface area (Å²) in [6, 6.07) is 8.33. The standard InChI is InChI=1S/C15H16ClN3O3/c1-10-8-14(18-22-10)19(11(2)20)7-6-17-15(21)12-4-3-5-13(16)9-12/h3-5,8-9H,6-7H2,1-2H3,(H,17,21). The number of halogens is 1. The van der Waals surface area contributed by atoms with Crippen LogP contribution in [-0.4, -0.2) is 30.1 Å². The minimum Gasteiger partial charge on any atom is -0.360 e. The van der Waals surface area contributed by atoms with Crippen molar-refractivity contribution in [3.05, 3.63) is 46.7 Å². The molecule has 2 rings (SSSR count). The molecule has 1 N–H and O–H groups in total. The Balaban J connectivity index is 1.93. The molecule has 6 nitrogen and oxygen atoms in total. The zero-order chi connectivity index (χ0) is 16.1. The van der Waals surface area contributed by atoms with Gasteiger partial charge >= 0.3 is 0 Å². The van der Waals surface area contributed by atoms with Crippen LogP contribution < -0.4 is 10.2 Å². The summed E-state index contributed by atoms with van der Waals surface area (Å²) < 4.78 is 4.96. The van der Waals surface area contributed by atoms with Gasteiger partial charge in [0, 0.05) is 36.7 Å². The number of anilines is 1. The number of nitrogens with zero attached hydrogens (tertiary/aromatic N) is 2. The molecule has 0 radical (unpaired) electrons. The number of benzene rings is 1. The smallest absolute Gasteiger partial charge is 0.251 e. The first-order valence-electron chi connectivity index (χ1n) is 6.72. The van der Waals surface area contributed by atoms with Gasteiger partial charge in [-0.25, -0.2) is 0 Å². The third-order valence-corrected chi connectivity index (χ3v) is 3.22. The lowest BCUT2D eigenvalue weighted by Crippen LogP contribution is -2.37. The molecule has 0 saturated carbocycles. The van der Waals surface area contributed by atoms with Gasteiger partial charge in [0.15, 0.2) is 5.82 Å². The zero-order valence-corrected chi connectivity index (χ0v) is 13.1. The molecule has 0 aliphatic carbocycles. The van der Waals surface area contributed by atoms with Gasteiger partial charge in [-0.15, -0.1) is 0 Å². The van der Waals surface area contributed by atoms with E-state index in [4.69, 9.17) is 16.1 Å². The highest BCUT2D eigenvalue weighted by Crippen LogP contribution is 2.14. The molecule has 2 aromatic rings. The topological polar surface area (TPSA) is 75.4 Å². The van der Waals surface area contributed by atoms with Crippen LogP contribution in [0.15, 0.2) is 34.9 Å². The minimum atomic E-state index is -0.248. The maximum atomic E-state index is 12.0. The molecule has 1 heterocycles. The van der Waals surface area contributed by atoms with Gasteiger partial charge in [0.05, 0.1) is 0 Å². The molecular formula is C15H16ClN3O3. The van der Waals surface area contributed by atoms with Gasteiger partial charge in [0.2, 0.25) is 5.91 Å². The number of aryl methyl sites for hydroxylation is 1. The second kappa shape index (κ2) is 7.09. The van der Waals surface area contributed by atoms with E-state index in [9.17, 15) is 9.59 Å². The van der Waals surface area contributed by atoms with Crippen molar-refractivity contribution in [3.63, 3.8) is 0 Å². The predicted octanol–water partition coefficient (Wildman–Crippen LogP) is 2.42. The van der Waals surface area contributed by atoms with Crippen molar-refractivity contribution in [2.24, 2.45) is 0 Å². The molecule has 7 heteroatoms. The first kappa shape index (κ1) is 16.0. The number of hydrogen-bond acceptors (Lipinski definition) is 4. The Morgan fingerprint density at radius 3 is 2.73 bits per heavy atom. The third-order valence-electron chi connectivity index (χ3n) is 2.98. The van der Waals surface area contributed by atoms with Gasteiger partial charge in [-0.2, -0.15) is 0 Å². The molecule has 0 atom stereocenters. The number of nitrogens with one attached hydrogen (secondary N) is 1. The quantitative estimate of drug-likeness (QED) is 0.917.